The Labute approximate surface area is 121 Å². The summed E-state index contributed by atoms with van der Waals surface area (Å²) in [6, 6.07) is 3.14. The van der Waals surface area contributed by atoms with E-state index in [9.17, 15) is 25.3 Å². The van der Waals surface area contributed by atoms with Crippen molar-refractivity contribution in [1.29, 1.82) is 0 Å². The minimum Gasteiger partial charge on any atom is -0.284 e. The molecule has 0 aliphatic heterocycles. The molecule has 1 aromatic rings. The van der Waals surface area contributed by atoms with Gasteiger partial charge in [-0.2, -0.15) is 0 Å². The minimum absolute atomic E-state index is 0.0114. The highest BCUT2D eigenvalue weighted by Crippen LogP contribution is 2.28. The third kappa shape index (κ3) is 5.53. The van der Waals surface area contributed by atoms with Crippen LogP contribution in [0.4, 0.5) is 11.4 Å². The molecule has 12 heteroatoms. The maximum Gasteiger partial charge on any atom is 0.263 e. The van der Waals surface area contributed by atoms with Crippen LogP contribution >= 0.6 is 10.7 Å². The molecule has 0 aliphatic rings. The number of rotatable bonds is 5. The normalized spacial score (nSPS) is 12.9. The summed E-state index contributed by atoms with van der Waals surface area (Å²) in [7, 11) is -6.39. The fraction of sp³-hybridized carbons (Fsp3) is 0.250. The second-order valence-corrected chi connectivity index (χ2v) is 9.93. The third-order valence-corrected chi connectivity index (χ3v) is 4.42. The van der Waals surface area contributed by atoms with Crippen molar-refractivity contribution in [3.05, 3.63) is 18.2 Å². The fourth-order valence-electron chi connectivity index (χ4n) is 1.30. The molecule has 0 atom stereocenters. The summed E-state index contributed by atoms with van der Waals surface area (Å²) in [6.07, 6.45) is 1.71. The van der Waals surface area contributed by atoms with E-state index < -0.39 is 34.0 Å². The highest BCUT2D eigenvalue weighted by Gasteiger charge is 2.19. The van der Waals surface area contributed by atoms with Gasteiger partial charge in [0.15, 0.2) is 0 Å². The van der Waals surface area contributed by atoms with Gasteiger partial charge < -0.3 is 0 Å². The molecule has 0 fully saturated rings. The molecular weight excluding hydrogens is 352 g/mol. The topological polar surface area (TPSA) is 126 Å². The van der Waals surface area contributed by atoms with Crippen molar-refractivity contribution in [2.45, 2.75) is 4.90 Å². The molecule has 1 aromatic carbocycles. The van der Waals surface area contributed by atoms with Gasteiger partial charge in [0.05, 0.1) is 23.9 Å². The predicted molar refractivity (Wildman–Crippen MR) is 76.4 cm³/mol. The highest BCUT2D eigenvalue weighted by atomic mass is 35.7. The fourth-order valence-corrected chi connectivity index (χ4v) is 3.49. The summed E-state index contributed by atoms with van der Waals surface area (Å²) < 4.78 is 71.2. The number of sulfonamides is 2. The molecule has 0 heterocycles. The Morgan fingerprint density at radius 1 is 0.900 bits per heavy atom. The summed E-state index contributed by atoms with van der Waals surface area (Å²) in [5.41, 5.74) is -0.362. The van der Waals surface area contributed by atoms with E-state index in [-0.39, 0.29) is 11.4 Å². The van der Waals surface area contributed by atoms with E-state index in [1.165, 1.54) is 0 Å². The molecule has 0 amide bonds. The first kappa shape index (κ1) is 17.0. The molecular formula is C8H11ClN2O6S3. The third-order valence-electron chi connectivity index (χ3n) is 1.84. The first-order valence-electron chi connectivity index (χ1n) is 4.82. The van der Waals surface area contributed by atoms with Gasteiger partial charge in [-0.3, -0.25) is 9.44 Å². The SMILES string of the molecule is CS(=O)(=O)Nc1ccc(S(=O)(=O)Cl)c(NS(C)(=O)=O)c1. The Bertz CT molecular complexity index is 829. The number of hydrogen-bond acceptors (Lipinski definition) is 6. The Kier molecular flexibility index (Phi) is 4.58. The largest absolute Gasteiger partial charge is 0.284 e. The van der Waals surface area contributed by atoms with E-state index in [1.807, 2.05) is 4.72 Å². The zero-order chi connectivity index (χ0) is 15.8. The van der Waals surface area contributed by atoms with Crippen LogP contribution in [-0.2, 0) is 29.1 Å². The second-order valence-electron chi connectivity index (χ2n) is 3.90. The average molecular weight is 363 g/mol. The van der Waals surface area contributed by atoms with E-state index in [4.69, 9.17) is 10.7 Å². The van der Waals surface area contributed by atoms with Gasteiger partial charge in [-0.15, -0.1) is 0 Å². The van der Waals surface area contributed by atoms with Gasteiger partial charge in [-0.25, -0.2) is 25.3 Å². The van der Waals surface area contributed by atoms with Crippen molar-refractivity contribution in [2.75, 3.05) is 22.0 Å². The van der Waals surface area contributed by atoms with Crippen molar-refractivity contribution >= 4 is 51.2 Å². The van der Waals surface area contributed by atoms with E-state index in [0.717, 1.165) is 30.7 Å². The van der Waals surface area contributed by atoms with Gasteiger partial charge in [0.2, 0.25) is 20.0 Å². The van der Waals surface area contributed by atoms with Crippen LogP contribution in [0.2, 0.25) is 0 Å². The van der Waals surface area contributed by atoms with Crippen molar-refractivity contribution in [1.82, 2.24) is 0 Å². The van der Waals surface area contributed by atoms with Gasteiger partial charge in [0.1, 0.15) is 4.90 Å². The molecule has 1 rings (SSSR count). The average Bonchev–Trinajstić information content (AvgIpc) is 2.09. The molecule has 0 unspecified atom stereocenters. The van der Waals surface area contributed by atoms with Crippen LogP contribution in [0, 0.1) is 0 Å². The second kappa shape index (κ2) is 5.39. The van der Waals surface area contributed by atoms with Crippen molar-refractivity contribution < 1.29 is 25.3 Å². The van der Waals surface area contributed by atoms with Crippen LogP contribution in [0.25, 0.3) is 0 Å². The van der Waals surface area contributed by atoms with Crippen LogP contribution in [0.1, 0.15) is 0 Å². The molecule has 0 spiro atoms. The van der Waals surface area contributed by atoms with Crippen LogP contribution in [0.5, 0.6) is 0 Å². The Morgan fingerprint density at radius 2 is 1.40 bits per heavy atom. The Balaban J connectivity index is 3.44. The van der Waals surface area contributed by atoms with E-state index in [2.05, 4.69) is 4.72 Å². The van der Waals surface area contributed by atoms with Crippen molar-refractivity contribution in [2.24, 2.45) is 0 Å². The summed E-state index contributed by atoms with van der Waals surface area (Å²) in [5.74, 6) is 0. The lowest BCUT2D eigenvalue weighted by Gasteiger charge is -2.11. The van der Waals surface area contributed by atoms with E-state index >= 15 is 0 Å². The van der Waals surface area contributed by atoms with E-state index in [1.54, 1.807) is 0 Å². The van der Waals surface area contributed by atoms with Crippen molar-refractivity contribution in [3.8, 4) is 0 Å². The molecule has 0 saturated heterocycles. The summed E-state index contributed by atoms with van der Waals surface area (Å²) in [4.78, 5) is -0.483. The lowest BCUT2D eigenvalue weighted by atomic mass is 10.3. The van der Waals surface area contributed by atoms with Gasteiger partial charge >= 0.3 is 0 Å². The number of anilines is 2. The maximum absolute atomic E-state index is 11.3. The minimum atomic E-state index is -4.20. The molecule has 114 valence electrons. The summed E-state index contributed by atoms with van der Waals surface area (Å²) >= 11 is 0. The standard InChI is InChI=1S/C8H11ClN2O6S3/c1-18(12,13)10-6-3-4-8(20(9,16)17)7(5-6)11-19(2,14)15/h3-5,10-11H,1-2H3. The first-order valence-corrected chi connectivity index (χ1v) is 10.9. The highest BCUT2D eigenvalue weighted by molar-refractivity contribution is 8.14. The first-order chi connectivity index (χ1) is 8.78. The van der Waals surface area contributed by atoms with Gasteiger partial charge in [-0.05, 0) is 18.2 Å². The maximum atomic E-state index is 11.3. The lowest BCUT2D eigenvalue weighted by molar-refractivity contribution is 0.605. The van der Waals surface area contributed by atoms with E-state index in [0.29, 0.717) is 0 Å². The molecule has 0 radical (unpaired) electrons. The van der Waals surface area contributed by atoms with Crippen molar-refractivity contribution in [3.63, 3.8) is 0 Å². The zero-order valence-electron chi connectivity index (χ0n) is 10.3. The number of benzene rings is 1. The summed E-state index contributed by atoms with van der Waals surface area (Å²) in [5, 5.41) is 0. The number of hydrogen-bond donors (Lipinski definition) is 2. The molecule has 0 aliphatic carbocycles. The zero-order valence-corrected chi connectivity index (χ0v) is 13.5. The van der Waals surface area contributed by atoms with Crippen LogP contribution in [0.15, 0.2) is 23.1 Å². The predicted octanol–water partition coefficient (Wildman–Crippen LogP) is 0.357. The molecule has 0 bridgehead atoms. The molecule has 0 aromatic heterocycles. The van der Waals surface area contributed by atoms with Gasteiger partial charge in [-0.1, -0.05) is 0 Å². The lowest BCUT2D eigenvalue weighted by Crippen LogP contribution is -2.14. The quantitative estimate of drug-likeness (QED) is 0.728. The molecule has 8 nitrogen and oxygen atoms in total. The number of halogens is 1. The van der Waals surface area contributed by atoms with Gasteiger partial charge in [0.25, 0.3) is 9.05 Å². The number of nitrogens with one attached hydrogen (secondary N) is 2. The Hall–Kier alpha value is -1.04. The summed E-state index contributed by atoms with van der Waals surface area (Å²) in [6.45, 7) is 0. The van der Waals surface area contributed by atoms with Crippen LogP contribution in [0.3, 0.4) is 0 Å². The van der Waals surface area contributed by atoms with Gasteiger partial charge in [0, 0.05) is 10.7 Å². The van der Waals surface area contributed by atoms with Crippen LogP contribution < -0.4 is 9.44 Å². The van der Waals surface area contributed by atoms with Crippen LogP contribution in [-0.4, -0.2) is 37.8 Å². The smallest absolute Gasteiger partial charge is 0.263 e. The Morgan fingerprint density at radius 3 is 1.80 bits per heavy atom. The monoisotopic (exact) mass is 362 g/mol. The molecule has 0 saturated carbocycles. The molecule has 2 N–H and O–H groups in total. The molecule has 20 heavy (non-hydrogen) atoms.